The number of methoxy groups -OCH3 is 1. The van der Waals surface area contributed by atoms with Crippen LogP contribution in [0.1, 0.15) is 6.92 Å². The van der Waals surface area contributed by atoms with Crippen molar-refractivity contribution in [2.45, 2.75) is 13.1 Å². The van der Waals surface area contributed by atoms with Gasteiger partial charge in [0.25, 0.3) is 10.0 Å². The largest absolute Gasteiger partial charge is 0.464 e. The lowest BCUT2D eigenvalue weighted by molar-refractivity contribution is -0.137. The summed E-state index contributed by atoms with van der Waals surface area (Å²) in [7, 11) is -3.59. The van der Waals surface area contributed by atoms with Crippen LogP contribution in [0, 0.1) is 0 Å². The van der Waals surface area contributed by atoms with Crippen LogP contribution in [0.4, 0.5) is 13.2 Å². The summed E-state index contributed by atoms with van der Waals surface area (Å²) >= 11 is 0. The van der Waals surface area contributed by atoms with E-state index in [2.05, 4.69) is 9.13 Å². The number of halogens is 3. The minimum absolute atomic E-state index is 0.635. The maximum absolute atomic E-state index is 12.1. The van der Waals surface area contributed by atoms with E-state index in [1.165, 1.54) is 0 Å². The van der Waals surface area contributed by atoms with Crippen LogP contribution in [0.25, 0.3) is 0 Å². The van der Waals surface area contributed by atoms with Crippen molar-refractivity contribution >= 4 is 21.7 Å². The zero-order valence-corrected chi connectivity index (χ0v) is 8.65. The van der Waals surface area contributed by atoms with E-state index in [4.69, 9.17) is 0 Å². The molecule has 0 unspecified atom stereocenters. The van der Waals surface area contributed by atoms with Gasteiger partial charge in [-0.15, -0.1) is 0 Å². The first-order chi connectivity index (χ1) is 6.64. The Hall–Kier alpha value is -1.12. The number of hydrogen-bond donors (Lipinski definition) is 0. The molecular formula is C6H8F3NO4S. The molecule has 0 aliphatic heterocycles. The summed E-state index contributed by atoms with van der Waals surface area (Å²) in [5.41, 5.74) is -2.08. The second-order valence-corrected chi connectivity index (χ2v) is 4.22. The second kappa shape index (κ2) is 4.60. The minimum atomic E-state index is -5.16. The van der Waals surface area contributed by atoms with Gasteiger partial charge >= 0.3 is 12.1 Å². The van der Waals surface area contributed by atoms with Crippen LogP contribution >= 0.6 is 0 Å². The summed E-state index contributed by atoms with van der Waals surface area (Å²) in [4.78, 5) is 10.6. The number of sulfonamides is 1. The highest BCUT2D eigenvalue weighted by atomic mass is 32.2. The Bertz CT molecular complexity index is 370. The molecule has 0 aromatic rings. The molecule has 0 rings (SSSR count). The number of alkyl halides is 3. The number of esters is 1. The van der Waals surface area contributed by atoms with Crippen molar-refractivity contribution in [2.24, 2.45) is 4.40 Å². The zero-order valence-electron chi connectivity index (χ0n) is 7.83. The molecule has 0 aliphatic carbocycles. The van der Waals surface area contributed by atoms with Gasteiger partial charge in [-0.1, -0.05) is 0 Å². The first kappa shape index (κ1) is 13.9. The SMILES string of the molecule is CCS(=O)(=O)/N=C(\C(=O)OC)C(F)(F)F. The molecule has 0 atom stereocenters. The Kier molecular flexibility index (Phi) is 4.26. The van der Waals surface area contributed by atoms with Gasteiger partial charge in [-0.2, -0.15) is 17.6 Å². The molecule has 15 heavy (non-hydrogen) atoms. The smallest absolute Gasteiger partial charge is 0.441 e. The van der Waals surface area contributed by atoms with E-state index in [9.17, 15) is 26.4 Å². The van der Waals surface area contributed by atoms with Gasteiger partial charge in [0.1, 0.15) is 0 Å². The van der Waals surface area contributed by atoms with Crippen LogP contribution in [0.15, 0.2) is 4.40 Å². The molecule has 0 spiro atoms. The van der Waals surface area contributed by atoms with Crippen molar-refractivity contribution < 1.29 is 31.1 Å². The fourth-order valence-corrected chi connectivity index (χ4v) is 1.09. The van der Waals surface area contributed by atoms with E-state index < -0.39 is 33.6 Å². The molecule has 0 fully saturated rings. The predicted molar refractivity (Wildman–Crippen MR) is 45.0 cm³/mol. The van der Waals surface area contributed by atoms with E-state index in [-0.39, 0.29) is 0 Å². The number of nitrogens with zero attached hydrogens (tertiary/aromatic N) is 1. The third kappa shape index (κ3) is 4.28. The molecule has 0 amide bonds. The van der Waals surface area contributed by atoms with E-state index >= 15 is 0 Å². The molecule has 88 valence electrons. The highest BCUT2D eigenvalue weighted by Gasteiger charge is 2.43. The van der Waals surface area contributed by atoms with Crippen LogP contribution in [0.3, 0.4) is 0 Å². The zero-order chi connectivity index (χ0) is 12.3. The lowest BCUT2D eigenvalue weighted by Gasteiger charge is -2.07. The van der Waals surface area contributed by atoms with Crippen molar-refractivity contribution in [3.8, 4) is 0 Å². The quantitative estimate of drug-likeness (QED) is 0.538. The van der Waals surface area contributed by atoms with Gasteiger partial charge in [0, 0.05) is 0 Å². The maximum atomic E-state index is 12.1. The van der Waals surface area contributed by atoms with Gasteiger partial charge < -0.3 is 4.74 Å². The molecule has 0 saturated heterocycles. The Morgan fingerprint density at radius 2 is 1.87 bits per heavy atom. The van der Waals surface area contributed by atoms with Crippen molar-refractivity contribution in [2.75, 3.05) is 12.9 Å². The standard InChI is InChI=1S/C6H8F3NO4S/c1-3-15(12,13)10-4(5(11)14-2)6(7,8)9/h3H2,1-2H3/b10-4+. The number of hydrogen-bond acceptors (Lipinski definition) is 4. The van der Waals surface area contributed by atoms with Gasteiger partial charge in [-0.05, 0) is 6.92 Å². The highest BCUT2D eigenvalue weighted by molar-refractivity contribution is 7.90. The molecule has 0 N–H and O–H groups in total. The highest BCUT2D eigenvalue weighted by Crippen LogP contribution is 2.19. The van der Waals surface area contributed by atoms with Crippen LogP contribution < -0.4 is 0 Å². The van der Waals surface area contributed by atoms with Crippen molar-refractivity contribution in [3.63, 3.8) is 0 Å². The van der Waals surface area contributed by atoms with Crippen LogP contribution in [-0.4, -0.2) is 39.1 Å². The second-order valence-electron chi connectivity index (χ2n) is 2.30. The summed E-state index contributed by atoms with van der Waals surface area (Å²) in [6, 6.07) is 0. The fraction of sp³-hybridized carbons (Fsp3) is 0.667. The molecule has 0 aliphatic rings. The molecule has 5 nitrogen and oxygen atoms in total. The average Bonchev–Trinajstić information content (AvgIpc) is 2.11. The van der Waals surface area contributed by atoms with Crippen LogP contribution in [-0.2, 0) is 19.6 Å². The fourth-order valence-electron chi connectivity index (χ4n) is 0.505. The molecule has 0 radical (unpaired) electrons. The molecular weight excluding hydrogens is 239 g/mol. The van der Waals surface area contributed by atoms with E-state index in [0.717, 1.165) is 6.92 Å². The third-order valence-corrected chi connectivity index (χ3v) is 2.43. The Balaban J connectivity index is 5.42. The molecule has 0 aromatic heterocycles. The lowest BCUT2D eigenvalue weighted by atomic mass is 10.4. The van der Waals surface area contributed by atoms with Gasteiger partial charge in [-0.25, -0.2) is 13.2 Å². The van der Waals surface area contributed by atoms with Crippen LogP contribution in [0.5, 0.6) is 0 Å². The lowest BCUT2D eigenvalue weighted by Crippen LogP contribution is -2.33. The van der Waals surface area contributed by atoms with Gasteiger partial charge in [-0.3, -0.25) is 0 Å². The predicted octanol–water partition coefficient (Wildman–Crippen LogP) is 0.512. The minimum Gasteiger partial charge on any atom is -0.464 e. The van der Waals surface area contributed by atoms with Crippen molar-refractivity contribution in [1.29, 1.82) is 0 Å². The van der Waals surface area contributed by atoms with Gasteiger partial charge in [0.15, 0.2) is 0 Å². The first-order valence-electron chi connectivity index (χ1n) is 3.62. The monoisotopic (exact) mass is 247 g/mol. The summed E-state index contributed by atoms with van der Waals surface area (Å²) in [6.45, 7) is 1.10. The maximum Gasteiger partial charge on any atom is 0.441 e. The molecule has 9 heteroatoms. The topological polar surface area (TPSA) is 72.8 Å². The van der Waals surface area contributed by atoms with Gasteiger partial charge in [0.05, 0.1) is 12.9 Å². The first-order valence-corrected chi connectivity index (χ1v) is 5.23. The Morgan fingerprint density at radius 1 is 1.40 bits per heavy atom. The van der Waals surface area contributed by atoms with E-state index in [1.54, 1.807) is 0 Å². The number of carbonyl (C=O) groups excluding carboxylic acids is 1. The normalized spacial score (nSPS) is 13.8. The van der Waals surface area contributed by atoms with Crippen LogP contribution in [0.2, 0.25) is 0 Å². The molecule has 0 bridgehead atoms. The van der Waals surface area contributed by atoms with Crippen molar-refractivity contribution in [3.05, 3.63) is 0 Å². The van der Waals surface area contributed by atoms with Crippen molar-refractivity contribution in [1.82, 2.24) is 0 Å². The van der Waals surface area contributed by atoms with E-state index in [1.807, 2.05) is 0 Å². The Labute approximate surface area is 84.0 Å². The van der Waals surface area contributed by atoms with Gasteiger partial charge in [0.2, 0.25) is 5.71 Å². The molecule has 0 aromatic carbocycles. The summed E-state index contributed by atoms with van der Waals surface area (Å²) in [6.07, 6.45) is -5.16. The summed E-state index contributed by atoms with van der Waals surface area (Å²) < 4.78 is 64.1. The summed E-state index contributed by atoms with van der Waals surface area (Å²) in [5, 5.41) is 0. The molecule has 0 saturated carbocycles. The Morgan fingerprint density at radius 3 is 2.13 bits per heavy atom. The summed E-state index contributed by atoms with van der Waals surface area (Å²) in [5.74, 6) is -2.47. The van der Waals surface area contributed by atoms with E-state index in [0.29, 0.717) is 7.11 Å². The molecule has 0 heterocycles. The third-order valence-electron chi connectivity index (χ3n) is 1.24. The number of ether oxygens (including phenoxy) is 1. The number of carbonyl (C=O) groups is 1. The average molecular weight is 247 g/mol. The number of rotatable bonds is 3.